The van der Waals surface area contributed by atoms with Gasteiger partial charge in [-0.3, -0.25) is 9.88 Å². The van der Waals surface area contributed by atoms with Gasteiger partial charge in [-0.25, -0.2) is 9.97 Å². The highest BCUT2D eigenvalue weighted by Crippen LogP contribution is 2.42. The molecule has 0 radical (unpaired) electrons. The molecule has 40 heavy (non-hydrogen) atoms. The van der Waals surface area contributed by atoms with E-state index in [4.69, 9.17) is 16.3 Å². The number of aromatic nitrogens is 4. The highest BCUT2D eigenvalue weighted by Gasteiger charge is 2.47. The molecule has 0 spiro atoms. The summed E-state index contributed by atoms with van der Waals surface area (Å²) in [6, 6.07) is 6.54. The largest absolute Gasteiger partial charge is 0.481 e. The second-order valence-corrected chi connectivity index (χ2v) is 9.98. The number of pyridine rings is 2. The Kier molecular flexibility index (Phi) is 6.95. The van der Waals surface area contributed by atoms with Crippen molar-refractivity contribution < 1.29 is 36.2 Å². The van der Waals surface area contributed by atoms with Crippen molar-refractivity contribution in [2.75, 3.05) is 20.2 Å². The Balaban J connectivity index is 1.63. The van der Waals surface area contributed by atoms with Crippen LogP contribution in [0.4, 0.5) is 26.3 Å². The third-order valence-electron chi connectivity index (χ3n) is 7.05. The van der Waals surface area contributed by atoms with Crippen LogP contribution in [0, 0.1) is 5.92 Å². The monoisotopic (exact) mass is 585 g/mol. The summed E-state index contributed by atoms with van der Waals surface area (Å²) >= 11 is 6.76. The van der Waals surface area contributed by atoms with Gasteiger partial charge in [0.15, 0.2) is 5.60 Å². The van der Waals surface area contributed by atoms with Gasteiger partial charge in [0.25, 0.3) is 0 Å². The lowest BCUT2D eigenvalue weighted by atomic mass is 9.83. The molecule has 0 amide bonds. The number of halogens is 7. The molecule has 1 fully saturated rings. The molecule has 1 saturated heterocycles. The van der Waals surface area contributed by atoms with Crippen molar-refractivity contribution in [2.45, 2.75) is 24.5 Å². The zero-order valence-corrected chi connectivity index (χ0v) is 21.8. The first kappa shape index (κ1) is 28.1. The number of aryl methyl sites for hydroxylation is 1. The van der Waals surface area contributed by atoms with Gasteiger partial charge in [0.2, 0.25) is 5.88 Å². The molecule has 0 aliphatic carbocycles. The lowest BCUT2D eigenvalue weighted by Gasteiger charge is -2.40. The van der Waals surface area contributed by atoms with Gasteiger partial charge >= 0.3 is 12.4 Å². The van der Waals surface area contributed by atoms with Crippen LogP contribution in [0.3, 0.4) is 0 Å². The van der Waals surface area contributed by atoms with Crippen molar-refractivity contribution in [3.8, 4) is 5.88 Å². The molecule has 0 bridgehead atoms. The highest BCUT2D eigenvalue weighted by atomic mass is 35.5. The maximum atomic E-state index is 13.5. The van der Waals surface area contributed by atoms with Crippen LogP contribution in [0.15, 0.2) is 49.1 Å². The van der Waals surface area contributed by atoms with E-state index >= 15 is 0 Å². The van der Waals surface area contributed by atoms with Crippen LogP contribution in [0.1, 0.15) is 28.1 Å². The van der Waals surface area contributed by atoms with Gasteiger partial charge in [0.1, 0.15) is 5.69 Å². The summed E-state index contributed by atoms with van der Waals surface area (Å²) in [5, 5.41) is 12.6. The summed E-state index contributed by atoms with van der Waals surface area (Å²) in [6.45, 7) is -0.372. The van der Waals surface area contributed by atoms with Crippen LogP contribution in [0.2, 0.25) is 5.02 Å². The Hall–Kier alpha value is -3.42. The zero-order chi connectivity index (χ0) is 29.0. The average Bonchev–Trinajstić information content (AvgIpc) is 3.31. The fourth-order valence-corrected chi connectivity index (χ4v) is 5.17. The fraction of sp³-hybridized carbons (Fsp3) is 0.346. The second kappa shape index (κ2) is 9.89. The molecule has 1 aliphatic heterocycles. The number of nitrogens with zero attached hydrogens (tertiary/aromatic N) is 5. The minimum atomic E-state index is -4.76. The Morgan fingerprint density at radius 1 is 1.07 bits per heavy atom. The molecule has 1 N–H and O–H groups in total. The topological polar surface area (TPSA) is 76.3 Å². The van der Waals surface area contributed by atoms with E-state index in [9.17, 15) is 31.4 Å². The van der Waals surface area contributed by atoms with Crippen LogP contribution in [0.25, 0.3) is 10.9 Å². The number of imidazole rings is 1. The van der Waals surface area contributed by atoms with Gasteiger partial charge < -0.3 is 14.4 Å². The smallest absolute Gasteiger partial charge is 0.433 e. The van der Waals surface area contributed by atoms with E-state index in [1.54, 1.807) is 11.9 Å². The predicted molar refractivity (Wildman–Crippen MR) is 133 cm³/mol. The average molecular weight is 586 g/mol. The Labute approximate surface area is 229 Å². The molecular formula is C26H22ClF6N5O2. The molecule has 7 nitrogen and oxygen atoms in total. The first-order valence-corrected chi connectivity index (χ1v) is 12.3. The molecule has 1 atom stereocenters. The number of fused-ring (bicyclic) bond motifs is 1. The summed E-state index contributed by atoms with van der Waals surface area (Å²) in [4.78, 5) is 13.4. The van der Waals surface area contributed by atoms with Crippen molar-refractivity contribution >= 4 is 22.5 Å². The number of ether oxygens (including phenoxy) is 1. The lowest BCUT2D eigenvalue weighted by molar-refractivity contribution is -0.210. The summed E-state index contributed by atoms with van der Waals surface area (Å²) < 4.78 is 86.4. The van der Waals surface area contributed by atoms with Crippen molar-refractivity contribution in [1.29, 1.82) is 0 Å². The highest BCUT2D eigenvalue weighted by molar-refractivity contribution is 6.36. The molecule has 4 heterocycles. The Morgan fingerprint density at radius 2 is 1.77 bits per heavy atom. The number of rotatable bonds is 6. The molecule has 0 saturated carbocycles. The molecule has 5 rings (SSSR count). The molecule has 212 valence electrons. The van der Waals surface area contributed by atoms with Crippen molar-refractivity contribution in [2.24, 2.45) is 13.0 Å². The van der Waals surface area contributed by atoms with Crippen molar-refractivity contribution in [3.63, 3.8) is 0 Å². The number of likely N-dealkylation sites (tertiary alicyclic amines) is 1. The summed E-state index contributed by atoms with van der Waals surface area (Å²) in [7, 11) is 2.94. The van der Waals surface area contributed by atoms with Crippen LogP contribution in [-0.4, -0.2) is 55.9 Å². The second-order valence-electron chi connectivity index (χ2n) is 9.61. The van der Waals surface area contributed by atoms with E-state index in [-0.39, 0.29) is 47.4 Å². The first-order valence-electron chi connectivity index (χ1n) is 11.9. The normalized spacial score (nSPS) is 16.6. The van der Waals surface area contributed by atoms with E-state index in [1.165, 1.54) is 48.5 Å². The molecule has 4 aromatic rings. The van der Waals surface area contributed by atoms with Crippen LogP contribution >= 0.6 is 11.6 Å². The van der Waals surface area contributed by atoms with E-state index < -0.39 is 29.6 Å². The predicted octanol–water partition coefficient (Wildman–Crippen LogP) is 5.32. The molecule has 1 aliphatic rings. The van der Waals surface area contributed by atoms with Crippen molar-refractivity contribution in [1.82, 2.24) is 24.4 Å². The minimum Gasteiger partial charge on any atom is -0.481 e. The van der Waals surface area contributed by atoms with Gasteiger partial charge in [-0.1, -0.05) is 17.7 Å². The standard InChI is InChI=1S/C26H22ClF6N5O2/c1-37-13-34-9-21(37)24(39,15-5-6-35-20(8-15)26(31,32)33)14-3-4-19-17(7-14)22(27)18(23(36-19)40-2)12-38-10-16(11-38)25(28,29)30/h3-9,13,16,39H,10-12H2,1-2H3/t24-/m1/s1. The van der Waals surface area contributed by atoms with Gasteiger partial charge in [-0.2, -0.15) is 26.3 Å². The third kappa shape index (κ3) is 4.86. The lowest BCUT2D eigenvalue weighted by Crippen LogP contribution is -2.52. The number of hydrogen-bond donors (Lipinski definition) is 1. The summed E-state index contributed by atoms with van der Waals surface area (Å²) in [5.74, 6) is -1.31. The number of hydrogen-bond acceptors (Lipinski definition) is 6. The summed E-state index contributed by atoms with van der Waals surface area (Å²) in [5.41, 5.74) is -2.40. The van der Waals surface area contributed by atoms with Gasteiger partial charge in [-0.15, -0.1) is 0 Å². The van der Waals surface area contributed by atoms with Gasteiger partial charge in [0.05, 0.1) is 41.8 Å². The van der Waals surface area contributed by atoms with Crippen LogP contribution in [-0.2, 0) is 25.4 Å². The van der Waals surface area contributed by atoms with E-state index in [0.29, 0.717) is 16.5 Å². The van der Waals surface area contributed by atoms with E-state index in [2.05, 4.69) is 15.0 Å². The van der Waals surface area contributed by atoms with E-state index in [1.807, 2.05) is 0 Å². The van der Waals surface area contributed by atoms with Gasteiger partial charge in [-0.05, 0) is 35.4 Å². The zero-order valence-electron chi connectivity index (χ0n) is 21.1. The van der Waals surface area contributed by atoms with Crippen LogP contribution in [0.5, 0.6) is 5.88 Å². The number of aliphatic hydroxyl groups is 1. The Bertz CT molecular complexity index is 1570. The van der Waals surface area contributed by atoms with Gasteiger partial charge in [0, 0.05) is 43.8 Å². The minimum absolute atomic E-state index is 0.0348. The fourth-order valence-electron chi connectivity index (χ4n) is 4.88. The van der Waals surface area contributed by atoms with Crippen molar-refractivity contribution in [3.05, 3.63) is 82.2 Å². The molecule has 1 aromatic carbocycles. The number of alkyl halides is 6. The third-order valence-corrected chi connectivity index (χ3v) is 7.48. The molecule has 0 unspecified atom stereocenters. The number of benzene rings is 1. The first-order chi connectivity index (χ1) is 18.7. The maximum absolute atomic E-state index is 13.5. The molecule has 14 heteroatoms. The van der Waals surface area contributed by atoms with Crippen LogP contribution < -0.4 is 4.74 Å². The molecule has 3 aromatic heterocycles. The Morgan fingerprint density at radius 3 is 2.38 bits per heavy atom. The SMILES string of the molecule is COc1nc2ccc([C@@](O)(c3ccnc(C(F)(F)F)c3)c3cncn3C)cc2c(Cl)c1CN1CC(C(F)(F)F)C1. The maximum Gasteiger partial charge on any atom is 0.433 e. The quantitative estimate of drug-likeness (QED) is 0.309. The summed E-state index contributed by atoms with van der Waals surface area (Å²) in [6.07, 6.45) is -5.37. The molecular weight excluding hydrogens is 564 g/mol. The van der Waals surface area contributed by atoms with E-state index in [0.717, 1.165) is 12.3 Å². The number of methoxy groups -OCH3 is 1.